The lowest BCUT2D eigenvalue weighted by Gasteiger charge is -2.25. The van der Waals surface area contributed by atoms with Gasteiger partial charge in [-0.1, -0.05) is 12.5 Å². The Balaban J connectivity index is 1.56. The van der Waals surface area contributed by atoms with Gasteiger partial charge in [-0.05, 0) is 49.6 Å². The number of hydrogen-bond acceptors (Lipinski definition) is 5. The molecular weight excluding hydrogens is 370 g/mol. The highest BCUT2D eigenvalue weighted by molar-refractivity contribution is 7.91. The van der Waals surface area contributed by atoms with Crippen molar-refractivity contribution in [3.05, 3.63) is 46.8 Å². The summed E-state index contributed by atoms with van der Waals surface area (Å²) < 4.78 is 27.3. The standard InChI is InChI=1S/C18H23N3O3S2/c19-15-6-4-5-14(13-15)18(22)20-10-9-16-7-8-17(25-16)26(23,24)21-11-2-1-3-12-21/h4-8,13H,1-3,9-12,19H2,(H,20,22). The van der Waals surface area contributed by atoms with E-state index in [0.717, 1.165) is 24.1 Å². The van der Waals surface area contributed by atoms with E-state index in [1.165, 1.54) is 11.3 Å². The number of benzene rings is 1. The molecule has 1 aromatic heterocycles. The van der Waals surface area contributed by atoms with Crippen LogP contribution >= 0.6 is 11.3 Å². The smallest absolute Gasteiger partial charge is 0.252 e. The fourth-order valence-corrected chi connectivity index (χ4v) is 5.97. The predicted molar refractivity (Wildman–Crippen MR) is 104 cm³/mol. The molecule has 1 aliphatic heterocycles. The fraction of sp³-hybridized carbons (Fsp3) is 0.389. The normalized spacial score (nSPS) is 15.7. The molecule has 0 saturated carbocycles. The van der Waals surface area contributed by atoms with Gasteiger partial charge in [-0.25, -0.2) is 8.42 Å². The monoisotopic (exact) mass is 393 g/mol. The Hall–Kier alpha value is -1.90. The summed E-state index contributed by atoms with van der Waals surface area (Å²) in [5, 5.41) is 2.84. The van der Waals surface area contributed by atoms with Crippen molar-refractivity contribution in [2.45, 2.75) is 29.9 Å². The van der Waals surface area contributed by atoms with E-state index in [-0.39, 0.29) is 5.91 Å². The molecule has 0 spiro atoms. The molecule has 26 heavy (non-hydrogen) atoms. The van der Waals surface area contributed by atoms with Crippen molar-refractivity contribution in [3.63, 3.8) is 0 Å². The quantitative estimate of drug-likeness (QED) is 0.738. The summed E-state index contributed by atoms with van der Waals surface area (Å²) in [5.41, 5.74) is 6.74. The minimum absolute atomic E-state index is 0.185. The maximum Gasteiger partial charge on any atom is 0.252 e. The SMILES string of the molecule is Nc1cccc(C(=O)NCCc2ccc(S(=O)(=O)N3CCCCC3)s2)c1. The van der Waals surface area contributed by atoms with Gasteiger partial charge in [-0.3, -0.25) is 4.79 Å². The molecule has 0 radical (unpaired) electrons. The lowest BCUT2D eigenvalue weighted by molar-refractivity contribution is 0.0954. The van der Waals surface area contributed by atoms with E-state index >= 15 is 0 Å². The van der Waals surface area contributed by atoms with Gasteiger partial charge in [0, 0.05) is 35.8 Å². The highest BCUT2D eigenvalue weighted by atomic mass is 32.2. The average Bonchev–Trinajstić information content (AvgIpc) is 3.12. The highest BCUT2D eigenvalue weighted by Crippen LogP contribution is 2.27. The molecule has 8 heteroatoms. The third-order valence-corrected chi connectivity index (χ3v) is 7.86. The van der Waals surface area contributed by atoms with Crippen LogP contribution in [0.4, 0.5) is 5.69 Å². The number of hydrogen-bond donors (Lipinski definition) is 2. The van der Waals surface area contributed by atoms with E-state index in [0.29, 0.717) is 41.5 Å². The maximum atomic E-state index is 12.7. The third kappa shape index (κ3) is 4.44. The first-order chi connectivity index (χ1) is 12.5. The summed E-state index contributed by atoms with van der Waals surface area (Å²) in [5.74, 6) is -0.185. The number of anilines is 1. The number of sulfonamides is 1. The summed E-state index contributed by atoms with van der Waals surface area (Å²) in [6.45, 7) is 1.65. The Bertz CT molecular complexity index is 871. The van der Waals surface area contributed by atoms with Crippen molar-refractivity contribution in [2.24, 2.45) is 0 Å². The van der Waals surface area contributed by atoms with Crippen molar-refractivity contribution < 1.29 is 13.2 Å². The Morgan fingerprint density at radius 1 is 1.15 bits per heavy atom. The fourth-order valence-electron chi connectivity index (χ4n) is 2.94. The largest absolute Gasteiger partial charge is 0.399 e. The number of carbonyl (C=O) groups is 1. The van der Waals surface area contributed by atoms with Gasteiger partial charge in [-0.2, -0.15) is 4.31 Å². The second-order valence-corrected chi connectivity index (χ2v) is 9.65. The average molecular weight is 394 g/mol. The third-order valence-electron chi connectivity index (χ3n) is 4.35. The zero-order valence-electron chi connectivity index (χ0n) is 14.5. The van der Waals surface area contributed by atoms with Crippen LogP contribution in [0.25, 0.3) is 0 Å². The van der Waals surface area contributed by atoms with Crippen molar-refractivity contribution >= 4 is 33.0 Å². The van der Waals surface area contributed by atoms with E-state index in [1.54, 1.807) is 34.6 Å². The zero-order valence-corrected chi connectivity index (χ0v) is 16.1. The lowest BCUT2D eigenvalue weighted by atomic mass is 10.2. The Labute approximate surface area is 158 Å². The van der Waals surface area contributed by atoms with Crippen molar-refractivity contribution in [2.75, 3.05) is 25.4 Å². The topological polar surface area (TPSA) is 92.5 Å². The second-order valence-electron chi connectivity index (χ2n) is 6.32. The van der Waals surface area contributed by atoms with Crippen LogP contribution in [0.5, 0.6) is 0 Å². The van der Waals surface area contributed by atoms with E-state index in [9.17, 15) is 13.2 Å². The minimum atomic E-state index is -3.38. The molecule has 1 fully saturated rings. The van der Waals surface area contributed by atoms with Gasteiger partial charge in [-0.15, -0.1) is 11.3 Å². The van der Waals surface area contributed by atoms with Crippen molar-refractivity contribution in [1.29, 1.82) is 0 Å². The number of rotatable bonds is 6. The Kier molecular flexibility index (Phi) is 5.95. The molecule has 2 aromatic rings. The predicted octanol–water partition coefficient (Wildman–Crippen LogP) is 2.48. The molecule has 1 amide bonds. The van der Waals surface area contributed by atoms with Crippen LogP contribution in [-0.4, -0.2) is 38.3 Å². The first kappa shape index (κ1) is 18.9. The number of amides is 1. The molecule has 1 saturated heterocycles. The second kappa shape index (κ2) is 8.20. The number of carbonyl (C=O) groups excluding carboxylic acids is 1. The molecular formula is C18H23N3O3S2. The van der Waals surface area contributed by atoms with E-state index < -0.39 is 10.0 Å². The van der Waals surface area contributed by atoms with Crippen LogP contribution in [0, 0.1) is 0 Å². The van der Waals surface area contributed by atoms with Gasteiger partial charge < -0.3 is 11.1 Å². The van der Waals surface area contributed by atoms with Crippen LogP contribution in [-0.2, 0) is 16.4 Å². The van der Waals surface area contributed by atoms with Gasteiger partial charge in [0.2, 0.25) is 0 Å². The number of piperidine rings is 1. The van der Waals surface area contributed by atoms with Crippen LogP contribution < -0.4 is 11.1 Å². The Morgan fingerprint density at radius 2 is 1.92 bits per heavy atom. The number of nitrogens with zero attached hydrogens (tertiary/aromatic N) is 1. The summed E-state index contributed by atoms with van der Waals surface area (Å²) in [7, 11) is -3.38. The van der Waals surface area contributed by atoms with Gasteiger partial charge in [0.05, 0.1) is 0 Å². The van der Waals surface area contributed by atoms with Gasteiger partial charge in [0.1, 0.15) is 4.21 Å². The number of nitrogens with one attached hydrogen (secondary N) is 1. The summed E-state index contributed by atoms with van der Waals surface area (Å²) in [6.07, 6.45) is 3.53. The molecule has 0 aliphatic carbocycles. The minimum Gasteiger partial charge on any atom is -0.399 e. The Morgan fingerprint density at radius 3 is 2.65 bits per heavy atom. The van der Waals surface area contributed by atoms with Crippen molar-refractivity contribution in [1.82, 2.24) is 9.62 Å². The van der Waals surface area contributed by atoms with E-state index in [1.807, 2.05) is 6.07 Å². The van der Waals surface area contributed by atoms with Gasteiger partial charge >= 0.3 is 0 Å². The van der Waals surface area contributed by atoms with E-state index in [2.05, 4.69) is 5.32 Å². The molecule has 0 unspecified atom stereocenters. The van der Waals surface area contributed by atoms with Gasteiger partial charge in [0.25, 0.3) is 15.9 Å². The van der Waals surface area contributed by atoms with Gasteiger partial charge in [0.15, 0.2) is 0 Å². The molecule has 1 aliphatic rings. The van der Waals surface area contributed by atoms with E-state index in [4.69, 9.17) is 5.73 Å². The lowest BCUT2D eigenvalue weighted by Crippen LogP contribution is -2.35. The summed E-state index contributed by atoms with van der Waals surface area (Å²) in [6, 6.07) is 10.3. The summed E-state index contributed by atoms with van der Waals surface area (Å²) >= 11 is 1.28. The van der Waals surface area contributed by atoms with Crippen molar-refractivity contribution in [3.8, 4) is 0 Å². The molecule has 2 heterocycles. The number of nitrogens with two attached hydrogens (primary N) is 1. The number of thiophene rings is 1. The molecule has 140 valence electrons. The van der Waals surface area contributed by atoms with Crippen LogP contribution in [0.1, 0.15) is 34.5 Å². The van der Waals surface area contributed by atoms with Crippen LogP contribution in [0.3, 0.4) is 0 Å². The first-order valence-corrected chi connectivity index (χ1v) is 10.9. The highest BCUT2D eigenvalue weighted by Gasteiger charge is 2.27. The van der Waals surface area contributed by atoms with Crippen LogP contribution in [0.2, 0.25) is 0 Å². The maximum absolute atomic E-state index is 12.7. The number of nitrogen functional groups attached to an aromatic ring is 1. The molecule has 3 N–H and O–H groups in total. The molecule has 0 atom stereocenters. The molecule has 3 rings (SSSR count). The molecule has 1 aromatic carbocycles. The first-order valence-electron chi connectivity index (χ1n) is 8.69. The summed E-state index contributed by atoms with van der Waals surface area (Å²) in [4.78, 5) is 13.0. The van der Waals surface area contributed by atoms with Crippen LogP contribution in [0.15, 0.2) is 40.6 Å². The molecule has 0 bridgehead atoms. The zero-order chi connectivity index (χ0) is 18.6. The molecule has 6 nitrogen and oxygen atoms in total.